The Kier molecular flexibility index (Phi) is 12.5. The molecule has 0 aliphatic carbocycles. The number of guanidine groups is 1. The Labute approximate surface area is 151 Å². The Bertz CT molecular complexity index is 483. The highest BCUT2D eigenvalue weighted by molar-refractivity contribution is 5.79. The van der Waals surface area contributed by atoms with Crippen LogP contribution in [0.4, 0.5) is 4.39 Å². The Morgan fingerprint density at radius 2 is 1.80 bits per heavy atom. The molecule has 1 aromatic carbocycles. The number of hydrogen-bond donors (Lipinski definition) is 2. The number of ether oxygens (including phenoxy) is 2. The fourth-order valence-corrected chi connectivity index (χ4v) is 2.22. The molecule has 0 saturated heterocycles. The number of nitrogens with zero attached hydrogens (tertiary/aromatic N) is 1. The van der Waals surface area contributed by atoms with Crippen molar-refractivity contribution in [3.63, 3.8) is 0 Å². The summed E-state index contributed by atoms with van der Waals surface area (Å²) in [6.07, 6.45) is 4.00. The van der Waals surface area contributed by atoms with Gasteiger partial charge in [0.25, 0.3) is 0 Å². The number of unbranched alkanes of at least 4 members (excludes halogenated alkanes) is 1. The first-order valence-corrected chi connectivity index (χ1v) is 9.10. The fourth-order valence-electron chi connectivity index (χ4n) is 2.22. The molecule has 25 heavy (non-hydrogen) atoms. The van der Waals surface area contributed by atoms with Gasteiger partial charge in [-0.05, 0) is 37.0 Å². The van der Waals surface area contributed by atoms with Crippen molar-refractivity contribution in [1.29, 1.82) is 0 Å². The van der Waals surface area contributed by atoms with E-state index in [0.29, 0.717) is 26.4 Å². The van der Waals surface area contributed by atoms with E-state index < -0.39 is 0 Å². The van der Waals surface area contributed by atoms with Gasteiger partial charge in [-0.3, -0.25) is 4.99 Å². The van der Waals surface area contributed by atoms with E-state index in [4.69, 9.17) is 9.47 Å². The second kappa shape index (κ2) is 14.7. The summed E-state index contributed by atoms with van der Waals surface area (Å²) in [5.74, 6) is 0.570. The minimum atomic E-state index is -0.182. The second-order valence-electron chi connectivity index (χ2n) is 5.74. The number of benzene rings is 1. The zero-order valence-corrected chi connectivity index (χ0v) is 15.5. The smallest absolute Gasteiger partial charge is 0.191 e. The molecule has 0 heterocycles. The van der Waals surface area contributed by atoms with Crippen LogP contribution in [-0.2, 0) is 15.9 Å². The van der Waals surface area contributed by atoms with E-state index in [0.717, 1.165) is 50.4 Å². The largest absolute Gasteiger partial charge is 0.379 e. The van der Waals surface area contributed by atoms with Crippen molar-refractivity contribution in [3.8, 4) is 0 Å². The van der Waals surface area contributed by atoms with Crippen LogP contribution in [0.2, 0.25) is 0 Å². The van der Waals surface area contributed by atoms with Gasteiger partial charge in [0.2, 0.25) is 0 Å². The lowest BCUT2D eigenvalue weighted by Gasteiger charge is -2.12. The van der Waals surface area contributed by atoms with Crippen LogP contribution in [0.1, 0.15) is 31.7 Å². The molecule has 0 saturated carbocycles. The Balaban J connectivity index is 1.99. The molecule has 6 heteroatoms. The molecular formula is C19H32FN3O2. The number of aliphatic imine (C=N–C) groups is 1. The summed E-state index contributed by atoms with van der Waals surface area (Å²) in [7, 11) is 1.74. The number of aryl methyl sites for hydroxylation is 1. The maximum Gasteiger partial charge on any atom is 0.191 e. The molecule has 0 radical (unpaired) electrons. The molecule has 0 unspecified atom stereocenters. The van der Waals surface area contributed by atoms with Gasteiger partial charge in [0.05, 0.1) is 19.8 Å². The summed E-state index contributed by atoms with van der Waals surface area (Å²) >= 11 is 0. The quantitative estimate of drug-likeness (QED) is 0.325. The highest BCUT2D eigenvalue weighted by Gasteiger charge is 1.99. The van der Waals surface area contributed by atoms with Gasteiger partial charge in [0, 0.05) is 26.7 Å². The molecule has 0 spiro atoms. The average molecular weight is 353 g/mol. The lowest BCUT2D eigenvalue weighted by atomic mass is 10.1. The summed E-state index contributed by atoms with van der Waals surface area (Å²) in [6, 6.07) is 6.73. The highest BCUT2D eigenvalue weighted by atomic mass is 19.1. The van der Waals surface area contributed by atoms with Crippen LogP contribution in [-0.4, -0.2) is 52.5 Å². The number of rotatable bonds is 13. The Hall–Kier alpha value is -1.66. The van der Waals surface area contributed by atoms with Crippen LogP contribution in [0.3, 0.4) is 0 Å². The maximum absolute atomic E-state index is 13.1. The minimum Gasteiger partial charge on any atom is -0.379 e. The molecule has 2 N–H and O–H groups in total. The van der Waals surface area contributed by atoms with Gasteiger partial charge in [-0.2, -0.15) is 0 Å². The summed E-state index contributed by atoms with van der Waals surface area (Å²) in [4.78, 5) is 4.17. The van der Waals surface area contributed by atoms with E-state index >= 15 is 0 Å². The Morgan fingerprint density at radius 1 is 1.04 bits per heavy atom. The van der Waals surface area contributed by atoms with Gasteiger partial charge in [0.1, 0.15) is 5.82 Å². The van der Waals surface area contributed by atoms with Gasteiger partial charge < -0.3 is 20.1 Å². The topological polar surface area (TPSA) is 54.9 Å². The predicted octanol–water partition coefficient (Wildman–Crippen LogP) is 2.76. The van der Waals surface area contributed by atoms with Crippen molar-refractivity contribution in [3.05, 3.63) is 35.6 Å². The van der Waals surface area contributed by atoms with Gasteiger partial charge in [0.15, 0.2) is 5.96 Å². The SMILES string of the molecule is CCCCOCCOCCNC(=NC)NCCCc1cccc(F)c1. The van der Waals surface area contributed by atoms with Crippen LogP contribution >= 0.6 is 0 Å². The van der Waals surface area contributed by atoms with Crippen LogP contribution in [0, 0.1) is 5.82 Å². The summed E-state index contributed by atoms with van der Waals surface area (Å²) in [6.45, 7) is 6.30. The molecule has 0 bridgehead atoms. The lowest BCUT2D eigenvalue weighted by Crippen LogP contribution is -2.39. The third kappa shape index (κ3) is 11.5. The van der Waals surface area contributed by atoms with Gasteiger partial charge in [-0.1, -0.05) is 25.5 Å². The molecular weight excluding hydrogens is 321 g/mol. The van der Waals surface area contributed by atoms with Crippen molar-refractivity contribution >= 4 is 5.96 Å². The molecule has 0 aliphatic heterocycles. The van der Waals surface area contributed by atoms with E-state index in [-0.39, 0.29) is 5.82 Å². The van der Waals surface area contributed by atoms with Gasteiger partial charge >= 0.3 is 0 Å². The van der Waals surface area contributed by atoms with Gasteiger partial charge in [-0.25, -0.2) is 4.39 Å². The van der Waals surface area contributed by atoms with E-state index in [1.807, 2.05) is 6.07 Å². The lowest BCUT2D eigenvalue weighted by molar-refractivity contribution is 0.0487. The first-order chi connectivity index (χ1) is 12.3. The molecule has 0 aliphatic rings. The van der Waals surface area contributed by atoms with E-state index in [1.165, 1.54) is 6.07 Å². The standard InChI is InChI=1S/C19H32FN3O2/c1-3-4-12-24-14-15-25-13-11-23-19(21-2)22-10-6-8-17-7-5-9-18(20)16-17/h5,7,9,16H,3-4,6,8,10-15H2,1-2H3,(H2,21,22,23). The van der Waals surface area contributed by atoms with Crippen molar-refractivity contribution in [2.45, 2.75) is 32.6 Å². The molecule has 1 rings (SSSR count). The molecule has 0 amide bonds. The van der Waals surface area contributed by atoms with Crippen molar-refractivity contribution in [1.82, 2.24) is 10.6 Å². The first-order valence-electron chi connectivity index (χ1n) is 9.10. The monoisotopic (exact) mass is 353 g/mol. The molecule has 0 fully saturated rings. The number of hydrogen-bond acceptors (Lipinski definition) is 3. The van der Waals surface area contributed by atoms with Crippen LogP contribution < -0.4 is 10.6 Å². The van der Waals surface area contributed by atoms with E-state index in [2.05, 4.69) is 22.5 Å². The minimum absolute atomic E-state index is 0.182. The fraction of sp³-hybridized carbons (Fsp3) is 0.632. The molecule has 0 atom stereocenters. The van der Waals surface area contributed by atoms with Crippen molar-refractivity contribution in [2.24, 2.45) is 4.99 Å². The molecule has 1 aromatic rings. The summed E-state index contributed by atoms with van der Waals surface area (Å²) < 4.78 is 24.0. The zero-order chi connectivity index (χ0) is 18.2. The van der Waals surface area contributed by atoms with Crippen molar-refractivity contribution in [2.75, 3.05) is 46.6 Å². The molecule has 0 aromatic heterocycles. The third-order valence-electron chi connectivity index (χ3n) is 3.60. The summed E-state index contributed by atoms with van der Waals surface area (Å²) in [5.41, 5.74) is 1.01. The first kappa shape index (κ1) is 21.4. The second-order valence-corrected chi connectivity index (χ2v) is 5.74. The Morgan fingerprint density at radius 3 is 2.52 bits per heavy atom. The predicted molar refractivity (Wildman–Crippen MR) is 101 cm³/mol. The molecule has 5 nitrogen and oxygen atoms in total. The summed E-state index contributed by atoms with van der Waals surface area (Å²) in [5, 5.41) is 6.45. The zero-order valence-electron chi connectivity index (χ0n) is 15.5. The van der Waals surface area contributed by atoms with Gasteiger partial charge in [-0.15, -0.1) is 0 Å². The van der Waals surface area contributed by atoms with Crippen molar-refractivity contribution < 1.29 is 13.9 Å². The van der Waals surface area contributed by atoms with Crippen LogP contribution in [0.5, 0.6) is 0 Å². The molecule has 142 valence electrons. The normalized spacial score (nSPS) is 11.6. The maximum atomic E-state index is 13.1. The number of halogens is 1. The average Bonchev–Trinajstić information content (AvgIpc) is 2.62. The highest BCUT2D eigenvalue weighted by Crippen LogP contribution is 2.05. The number of nitrogens with one attached hydrogen (secondary N) is 2. The third-order valence-corrected chi connectivity index (χ3v) is 3.60. The van der Waals surface area contributed by atoms with E-state index in [1.54, 1.807) is 19.2 Å². The van der Waals surface area contributed by atoms with Crippen LogP contribution in [0.25, 0.3) is 0 Å². The van der Waals surface area contributed by atoms with Crippen LogP contribution in [0.15, 0.2) is 29.3 Å². The van der Waals surface area contributed by atoms with E-state index in [9.17, 15) is 4.39 Å².